The van der Waals surface area contributed by atoms with Crippen LogP contribution >= 0.6 is 0 Å². The summed E-state index contributed by atoms with van der Waals surface area (Å²) < 4.78 is 15.0. The first kappa shape index (κ1) is 17.6. The van der Waals surface area contributed by atoms with Crippen molar-refractivity contribution in [2.24, 2.45) is 5.92 Å². The van der Waals surface area contributed by atoms with Crippen LogP contribution in [0.15, 0.2) is 30.6 Å². The zero-order valence-electron chi connectivity index (χ0n) is 15.1. The number of alkyl halides is 1. The Kier molecular flexibility index (Phi) is 4.63. The number of nitrogens with one attached hydrogen (secondary N) is 1. The fourth-order valence-electron chi connectivity index (χ4n) is 3.65. The Bertz CT molecular complexity index is 847. The fraction of sp³-hybridized carbons (Fsp3) is 0.474. The number of imidazole rings is 1. The molecule has 0 aromatic carbocycles. The van der Waals surface area contributed by atoms with E-state index in [9.17, 15) is 14.0 Å². The number of pyridine rings is 1. The minimum absolute atomic E-state index is 0.00759. The van der Waals surface area contributed by atoms with Gasteiger partial charge in [0.2, 0.25) is 5.91 Å². The number of halogens is 1. The Hall–Kier alpha value is -2.77. The van der Waals surface area contributed by atoms with E-state index in [1.54, 1.807) is 17.3 Å². The second-order valence-electron chi connectivity index (χ2n) is 7.15. The first-order valence-electron chi connectivity index (χ1n) is 9.22. The summed E-state index contributed by atoms with van der Waals surface area (Å²) in [5.41, 5.74) is 1.10. The first-order chi connectivity index (χ1) is 13.0. The molecule has 2 amide bonds. The van der Waals surface area contributed by atoms with E-state index >= 15 is 0 Å². The molecule has 142 valence electrons. The molecular formula is C19H22FN5O2. The molecule has 0 spiro atoms. The lowest BCUT2D eigenvalue weighted by atomic mass is 9.82. The van der Waals surface area contributed by atoms with Gasteiger partial charge in [-0.1, -0.05) is 6.07 Å². The predicted molar refractivity (Wildman–Crippen MR) is 95.4 cm³/mol. The average molecular weight is 371 g/mol. The molecule has 2 aromatic rings. The molecule has 1 N–H and O–H groups in total. The summed E-state index contributed by atoms with van der Waals surface area (Å²) >= 11 is 0. The highest BCUT2D eigenvalue weighted by atomic mass is 19.1. The van der Waals surface area contributed by atoms with E-state index in [1.165, 1.54) is 0 Å². The number of carbonyl (C=O) groups excluding carboxylic acids is 2. The van der Waals surface area contributed by atoms with Gasteiger partial charge in [0.1, 0.15) is 17.7 Å². The molecule has 0 bridgehead atoms. The van der Waals surface area contributed by atoms with E-state index < -0.39 is 6.17 Å². The maximum Gasteiger partial charge on any atom is 0.271 e. The molecule has 0 unspecified atom stereocenters. The third-order valence-electron chi connectivity index (χ3n) is 5.33. The van der Waals surface area contributed by atoms with Crippen LogP contribution in [0.4, 0.5) is 4.39 Å². The predicted octanol–water partition coefficient (Wildman–Crippen LogP) is 1.86. The Morgan fingerprint density at radius 1 is 1.30 bits per heavy atom. The van der Waals surface area contributed by atoms with E-state index in [0.717, 1.165) is 5.69 Å². The van der Waals surface area contributed by atoms with Gasteiger partial charge in [0.15, 0.2) is 0 Å². The Balaban J connectivity index is 1.43. The van der Waals surface area contributed by atoms with E-state index in [2.05, 4.69) is 15.3 Å². The zero-order valence-corrected chi connectivity index (χ0v) is 15.1. The standard InChI is InChI=1S/C19H22FN5O2/c1-12-17-23-16(18(26)22-10-15-4-2-3-5-21-15)11-24(17)6-7-25(12)19(27)13-8-14(20)9-13/h2-5,11-14H,6-10H2,1H3,(H,22,26)/t12-,13?,14?/m1/s1. The maximum atomic E-state index is 13.1. The van der Waals surface area contributed by atoms with Gasteiger partial charge in [0.05, 0.1) is 18.3 Å². The number of fused-ring (bicyclic) bond motifs is 1. The minimum atomic E-state index is -0.851. The molecule has 1 atom stereocenters. The molecule has 8 heteroatoms. The molecule has 0 radical (unpaired) electrons. The van der Waals surface area contributed by atoms with Crippen LogP contribution in [-0.2, 0) is 17.9 Å². The molecule has 7 nitrogen and oxygen atoms in total. The van der Waals surface area contributed by atoms with Crippen molar-refractivity contribution in [3.05, 3.63) is 47.8 Å². The highest BCUT2D eigenvalue weighted by Gasteiger charge is 2.40. The van der Waals surface area contributed by atoms with Crippen LogP contribution in [0, 0.1) is 5.92 Å². The second kappa shape index (κ2) is 7.09. The summed E-state index contributed by atoms with van der Waals surface area (Å²) in [4.78, 5) is 35.4. The molecule has 1 aliphatic carbocycles. The van der Waals surface area contributed by atoms with E-state index in [0.29, 0.717) is 44.0 Å². The van der Waals surface area contributed by atoms with Crippen LogP contribution < -0.4 is 5.32 Å². The number of aromatic nitrogens is 3. The molecule has 27 heavy (non-hydrogen) atoms. The molecule has 3 heterocycles. The van der Waals surface area contributed by atoms with E-state index in [1.807, 2.05) is 29.7 Å². The summed E-state index contributed by atoms with van der Waals surface area (Å²) in [7, 11) is 0. The normalized spacial score (nSPS) is 24.1. The average Bonchev–Trinajstić information content (AvgIpc) is 3.09. The molecule has 1 fully saturated rings. The monoisotopic (exact) mass is 371 g/mol. The van der Waals surface area contributed by atoms with E-state index in [4.69, 9.17) is 0 Å². The highest BCUT2D eigenvalue weighted by Crippen LogP contribution is 2.35. The SMILES string of the molecule is C[C@@H]1c2nc(C(=O)NCc3ccccn3)cn2CCN1C(=O)C1CC(F)C1. The number of amides is 2. The second-order valence-corrected chi connectivity index (χ2v) is 7.15. The smallest absolute Gasteiger partial charge is 0.271 e. The number of hydrogen-bond donors (Lipinski definition) is 1. The number of hydrogen-bond acceptors (Lipinski definition) is 4. The van der Waals surface area contributed by atoms with Crippen molar-refractivity contribution in [2.75, 3.05) is 6.54 Å². The fourth-order valence-corrected chi connectivity index (χ4v) is 3.65. The molecule has 0 saturated heterocycles. The molecule has 1 saturated carbocycles. The molecule has 2 aliphatic rings. The maximum absolute atomic E-state index is 13.1. The highest BCUT2D eigenvalue weighted by molar-refractivity contribution is 5.92. The lowest BCUT2D eigenvalue weighted by Crippen LogP contribution is -2.47. The van der Waals surface area contributed by atoms with Crippen LogP contribution in [0.1, 0.15) is 47.8 Å². The van der Waals surface area contributed by atoms with Gasteiger partial charge in [-0.15, -0.1) is 0 Å². The van der Waals surface area contributed by atoms with Crippen LogP contribution in [0.2, 0.25) is 0 Å². The minimum Gasteiger partial charge on any atom is -0.345 e. The zero-order chi connectivity index (χ0) is 19.0. The van der Waals surface area contributed by atoms with Crippen LogP contribution in [0.5, 0.6) is 0 Å². The van der Waals surface area contributed by atoms with Gasteiger partial charge in [-0.2, -0.15) is 0 Å². The van der Waals surface area contributed by atoms with E-state index in [-0.39, 0.29) is 23.8 Å². The lowest BCUT2D eigenvalue weighted by Gasteiger charge is -2.39. The Labute approximate surface area is 156 Å². The summed E-state index contributed by atoms with van der Waals surface area (Å²) in [6.07, 6.45) is 3.19. The summed E-state index contributed by atoms with van der Waals surface area (Å²) in [6, 6.07) is 5.29. The largest absolute Gasteiger partial charge is 0.345 e. The van der Waals surface area contributed by atoms with Gasteiger partial charge in [-0.25, -0.2) is 9.37 Å². The Morgan fingerprint density at radius 3 is 2.81 bits per heavy atom. The van der Waals surface area contributed by atoms with Gasteiger partial charge in [0, 0.05) is 31.4 Å². The van der Waals surface area contributed by atoms with Crippen molar-refractivity contribution in [1.82, 2.24) is 24.8 Å². The van der Waals surface area contributed by atoms with Crippen LogP contribution in [0.25, 0.3) is 0 Å². The van der Waals surface area contributed by atoms with Gasteiger partial charge in [-0.05, 0) is 31.9 Å². The van der Waals surface area contributed by atoms with Crippen LogP contribution in [0.3, 0.4) is 0 Å². The first-order valence-corrected chi connectivity index (χ1v) is 9.22. The lowest BCUT2D eigenvalue weighted by molar-refractivity contribution is -0.143. The van der Waals surface area contributed by atoms with Crippen LogP contribution in [-0.4, -0.2) is 44.0 Å². The van der Waals surface area contributed by atoms with Gasteiger partial charge < -0.3 is 14.8 Å². The summed E-state index contributed by atoms with van der Waals surface area (Å²) in [5.74, 6) is 0.192. The Morgan fingerprint density at radius 2 is 2.11 bits per heavy atom. The summed E-state index contributed by atoms with van der Waals surface area (Å²) in [6.45, 7) is 3.36. The number of nitrogens with zero attached hydrogens (tertiary/aromatic N) is 4. The molecule has 4 rings (SSSR count). The van der Waals surface area contributed by atoms with Crippen molar-refractivity contribution in [3.8, 4) is 0 Å². The third kappa shape index (κ3) is 3.43. The third-order valence-corrected chi connectivity index (χ3v) is 5.33. The summed E-state index contributed by atoms with van der Waals surface area (Å²) in [5, 5.41) is 2.82. The van der Waals surface area contributed by atoms with Crippen molar-refractivity contribution < 1.29 is 14.0 Å². The van der Waals surface area contributed by atoms with Crippen molar-refractivity contribution in [1.29, 1.82) is 0 Å². The van der Waals surface area contributed by atoms with Crippen molar-refractivity contribution in [3.63, 3.8) is 0 Å². The van der Waals surface area contributed by atoms with Gasteiger partial charge >= 0.3 is 0 Å². The van der Waals surface area contributed by atoms with Crippen molar-refractivity contribution in [2.45, 2.75) is 45.1 Å². The number of carbonyl (C=O) groups is 2. The molecular weight excluding hydrogens is 349 g/mol. The molecule has 2 aromatic heterocycles. The van der Waals surface area contributed by atoms with Gasteiger partial charge in [0.25, 0.3) is 5.91 Å². The van der Waals surface area contributed by atoms with Gasteiger partial charge in [-0.3, -0.25) is 14.6 Å². The molecule has 1 aliphatic heterocycles. The quantitative estimate of drug-likeness (QED) is 0.890. The topological polar surface area (TPSA) is 80.1 Å². The van der Waals surface area contributed by atoms with Crippen molar-refractivity contribution >= 4 is 11.8 Å². The number of rotatable bonds is 4.